The van der Waals surface area contributed by atoms with E-state index in [1.807, 2.05) is 0 Å². The Balaban J connectivity index is 2.15. The summed E-state index contributed by atoms with van der Waals surface area (Å²) in [6.07, 6.45) is 6.29. The van der Waals surface area contributed by atoms with E-state index in [2.05, 4.69) is 13.0 Å². The van der Waals surface area contributed by atoms with Gasteiger partial charge in [0.1, 0.15) is 0 Å². The monoisotopic (exact) mass is 125 g/mol. The average Bonchev–Trinajstić information content (AvgIpc) is 2.50. The predicted molar refractivity (Wildman–Crippen MR) is 40.2 cm³/mol. The van der Waals surface area contributed by atoms with Gasteiger partial charge in [0.2, 0.25) is 0 Å². The van der Waals surface area contributed by atoms with Crippen LogP contribution in [0.4, 0.5) is 0 Å². The molecule has 0 bridgehead atoms. The first-order valence-electron chi connectivity index (χ1n) is 3.68. The van der Waals surface area contributed by atoms with Crippen molar-refractivity contribution in [2.24, 2.45) is 11.7 Å². The van der Waals surface area contributed by atoms with Crippen molar-refractivity contribution >= 4 is 0 Å². The lowest BCUT2D eigenvalue weighted by atomic mass is 10.1. The minimum absolute atomic E-state index is 0.707. The van der Waals surface area contributed by atoms with Crippen molar-refractivity contribution in [2.45, 2.75) is 26.2 Å². The van der Waals surface area contributed by atoms with Gasteiger partial charge < -0.3 is 5.73 Å². The van der Waals surface area contributed by atoms with Crippen LogP contribution in [0.3, 0.4) is 0 Å². The van der Waals surface area contributed by atoms with E-state index in [0.29, 0.717) is 6.54 Å². The summed E-state index contributed by atoms with van der Waals surface area (Å²) in [5.41, 5.74) is 6.82. The molecule has 1 saturated carbocycles. The fourth-order valence-corrected chi connectivity index (χ4v) is 1.06. The average molecular weight is 125 g/mol. The van der Waals surface area contributed by atoms with Gasteiger partial charge in [-0.1, -0.05) is 11.6 Å². The Morgan fingerprint density at radius 3 is 2.78 bits per heavy atom. The van der Waals surface area contributed by atoms with Crippen LogP contribution >= 0.6 is 0 Å². The van der Waals surface area contributed by atoms with Gasteiger partial charge in [-0.05, 0) is 32.1 Å². The Labute approximate surface area is 56.9 Å². The lowest BCUT2D eigenvalue weighted by Crippen LogP contribution is -1.94. The van der Waals surface area contributed by atoms with Crippen LogP contribution in [0.2, 0.25) is 0 Å². The Bertz CT molecular complexity index is 112. The van der Waals surface area contributed by atoms with Crippen LogP contribution < -0.4 is 5.73 Å². The van der Waals surface area contributed by atoms with Gasteiger partial charge in [-0.3, -0.25) is 0 Å². The normalized spacial score (nSPS) is 20.4. The van der Waals surface area contributed by atoms with Gasteiger partial charge in [0.05, 0.1) is 0 Å². The lowest BCUT2D eigenvalue weighted by Gasteiger charge is -1.95. The summed E-state index contributed by atoms with van der Waals surface area (Å²) >= 11 is 0. The molecule has 0 unspecified atom stereocenters. The number of nitrogens with two attached hydrogens (primary N) is 1. The third kappa shape index (κ3) is 2.66. The molecule has 1 nitrogen and oxygen atoms in total. The van der Waals surface area contributed by atoms with Gasteiger partial charge in [0.25, 0.3) is 0 Å². The van der Waals surface area contributed by atoms with Gasteiger partial charge in [0, 0.05) is 6.54 Å². The zero-order valence-corrected chi connectivity index (χ0v) is 6.06. The molecule has 52 valence electrons. The molecule has 0 saturated heterocycles. The molecule has 1 rings (SSSR count). The summed E-state index contributed by atoms with van der Waals surface area (Å²) < 4.78 is 0. The summed E-state index contributed by atoms with van der Waals surface area (Å²) in [7, 11) is 0. The molecule has 0 radical (unpaired) electrons. The quantitative estimate of drug-likeness (QED) is 0.571. The minimum Gasteiger partial charge on any atom is -0.327 e. The number of hydrogen-bond donors (Lipinski definition) is 1. The SMILES string of the molecule is CC(=CCN)CC1CC1. The highest BCUT2D eigenvalue weighted by molar-refractivity contribution is 5.02. The van der Waals surface area contributed by atoms with Crippen LogP contribution in [0.25, 0.3) is 0 Å². The smallest absolute Gasteiger partial charge is 0.0109 e. The highest BCUT2D eigenvalue weighted by Crippen LogP contribution is 2.34. The molecule has 0 aromatic carbocycles. The number of rotatable bonds is 3. The maximum atomic E-state index is 5.35. The van der Waals surface area contributed by atoms with Gasteiger partial charge in [0.15, 0.2) is 0 Å². The van der Waals surface area contributed by atoms with E-state index in [0.717, 1.165) is 5.92 Å². The van der Waals surface area contributed by atoms with Gasteiger partial charge in [-0.15, -0.1) is 0 Å². The highest BCUT2D eigenvalue weighted by atomic mass is 14.5. The predicted octanol–water partition coefficient (Wildman–Crippen LogP) is 1.69. The standard InChI is InChI=1S/C8H15N/c1-7(4-5-9)6-8-2-3-8/h4,8H,2-3,5-6,9H2,1H3. The molecular formula is C8H15N. The maximum absolute atomic E-state index is 5.35. The molecule has 0 heterocycles. The molecule has 0 atom stereocenters. The molecule has 0 aromatic heterocycles. The molecule has 9 heavy (non-hydrogen) atoms. The van der Waals surface area contributed by atoms with E-state index in [1.165, 1.54) is 24.8 Å². The molecule has 1 heteroatoms. The van der Waals surface area contributed by atoms with Gasteiger partial charge in [-0.2, -0.15) is 0 Å². The first-order valence-corrected chi connectivity index (χ1v) is 3.68. The fourth-order valence-electron chi connectivity index (χ4n) is 1.06. The molecule has 1 fully saturated rings. The topological polar surface area (TPSA) is 26.0 Å². The molecule has 0 amide bonds. The summed E-state index contributed by atoms with van der Waals surface area (Å²) in [5.74, 6) is 1.01. The summed E-state index contributed by atoms with van der Waals surface area (Å²) in [6.45, 7) is 2.88. The summed E-state index contributed by atoms with van der Waals surface area (Å²) in [5, 5.41) is 0. The Kier molecular flexibility index (Phi) is 2.29. The summed E-state index contributed by atoms with van der Waals surface area (Å²) in [4.78, 5) is 0. The van der Waals surface area contributed by atoms with Crippen LogP contribution in [-0.2, 0) is 0 Å². The lowest BCUT2D eigenvalue weighted by molar-refractivity contribution is 0.816. The summed E-state index contributed by atoms with van der Waals surface area (Å²) in [6, 6.07) is 0. The molecule has 0 spiro atoms. The first kappa shape index (κ1) is 6.81. The van der Waals surface area contributed by atoms with E-state index in [4.69, 9.17) is 5.73 Å². The van der Waals surface area contributed by atoms with Crippen LogP contribution in [-0.4, -0.2) is 6.54 Å². The maximum Gasteiger partial charge on any atom is 0.0109 e. The second kappa shape index (κ2) is 3.02. The molecular weight excluding hydrogens is 110 g/mol. The first-order chi connectivity index (χ1) is 4.33. The van der Waals surface area contributed by atoms with Crippen molar-refractivity contribution in [3.63, 3.8) is 0 Å². The fraction of sp³-hybridized carbons (Fsp3) is 0.750. The van der Waals surface area contributed by atoms with Crippen LogP contribution in [0.15, 0.2) is 11.6 Å². The molecule has 2 N–H and O–H groups in total. The third-order valence-electron chi connectivity index (χ3n) is 1.77. The van der Waals surface area contributed by atoms with E-state index in [-0.39, 0.29) is 0 Å². The van der Waals surface area contributed by atoms with Gasteiger partial charge >= 0.3 is 0 Å². The van der Waals surface area contributed by atoms with E-state index in [1.54, 1.807) is 0 Å². The van der Waals surface area contributed by atoms with Crippen molar-refractivity contribution in [2.75, 3.05) is 6.54 Å². The van der Waals surface area contributed by atoms with Crippen molar-refractivity contribution in [1.29, 1.82) is 0 Å². The molecule has 0 aliphatic heterocycles. The zero-order valence-electron chi connectivity index (χ0n) is 6.06. The minimum atomic E-state index is 0.707. The molecule has 1 aliphatic rings. The molecule has 1 aliphatic carbocycles. The number of allylic oxidation sites excluding steroid dienone is 1. The van der Waals surface area contributed by atoms with Crippen LogP contribution in [0, 0.1) is 5.92 Å². The van der Waals surface area contributed by atoms with Crippen LogP contribution in [0.5, 0.6) is 0 Å². The van der Waals surface area contributed by atoms with Crippen molar-refractivity contribution < 1.29 is 0 Å². The van der Waals surface area contributed by atoms with E-state index >= 15 is 0 Å². The third-order valence-corrected chi connectivity index (χ3v) is 1.77. The zero-order chi connectivity index (χ0) is 6.69. The number of hydrogen-bond acceptors (Lipinski definition) is 1. The Morgan fingerprint density at radius 1 is 1.67 bits per heavy atom. The highest BCUT2D eigenvalue weighted by Gasteiger charge is 2.20. The van der Waals surface area contributed by atoms with Gasteiger partial charge in [-0.25, -0.2) is 0 Å². The van der Waals surface area contributed by atoms with Crippen LogP contribution in [0.1, 0.15) is 26.2 Å². The second-order valence-electron chi connectivity index (χ2n) is 2.93. The molecule has 0 aromatic rings. The van der Waals surface area contributed by atoms with Crippen molar-refractivity contribution in [1.82, 2.24) is 0 Å². The largest absolute Gasteiger partial charge is 0.327 e. The second-order valence-corrected chi connectivity index (χ2v) is 2.93. The van der Waals surface area contributed by atoms with E-state index in [9.17, 15) is 0 Å². The van der Waals surface area contributed by atoms with Crippen molar-refractivity contribution in [3.05, 3.63) is 11.6 Å². The Morgan fingerprint density at radius 2 is 2.33 bits per heavy atom. The van der Waals surface area contributed by atoms with E-state index < -0.39 is 0 Å². The Hall–Kier alpha value is -0.300. The van der Waals surface area contributed by atoms with Crippen molar-refractivity contribution in [3.8, 4) is 0 Å².